The molecule has 5 heteroatoms. The molecule has 0 atom stereocenters. The molecular formula is C6H9N3O2. The van der Waals surface area contributed by atoms with E-state index in [1.165, 1.54) is 6.92 Å². The molecule has 0 bridgehead atoms. The summed E-state index contributed by atoms with van der Waals surface area (Å²) in [5.74, 6) is 0.513. The van der Waals surface area contributed by atoms with Gasteiger partial charge in [-0.2, -0.15) is 0 Å². The minimum Gasteiger partial charge on any atom is -0.408 e. The van der Waals surface area contributed by atoms with Crippen molar-refractivity contribution in [3.63, 3.8) is 0 Å². The highest BCUT2D eigenvalue weighted by molar-refractivity contribution is 5.75. The minimum atomic E-state index is 0.0450. The molecule has 60 valence electrons. The van der Waals surface area contributed by atoms with E-state index in [4.69, 9.17) is 10.2 Å². The normalized spacial score (nSPS) is 9.91. The van der Waals surface area contributed by atoms with Gasteiger partial charge in [0.05, 0.1) is 0 Å². The lowest BCUT2D eigenvalue weighted by Crippen LogP contribution is -1.93. The number of nitrogens with two attached hydrogens (primary N) is 1. The number of aromatic nitrogens is 2. The molecule has 0 saturated carbocycles. The number of nitrogens with zero attached hydrogens (tertiary/aromatic N) is 2. The summed E-state index contributed by atoms with van der Waals surface area (Å²) in [4.78, 5) is 10.5. The molecule has 5 nitrogen and oxygen atoms in total. The topological polar surface area (TPSA) is 82.0 Å². The second kappa shape index (κ2) is 3.14. The van der Waals surface area contributed by atoms with Gasteiger partial charge in [0.15, 0.2) is 0 Å². The lowest BCUT2D eigenvalue weighted by atomic mass is 10.2. The number of hydrogen-bond donors (Lipinski definition) is 1. The average Bonchev–Trinajstić information content (AvgIpc) is 2.31. The Labute approximate surface area is 63.6 Å². The molecule has 1 aromatic rings. The molecule has 0 spiro atoms. The molecule has 0 aliphatic rings. The van der Waals surface area contributed by atoms with Crippen molar-refractivity contribution in [2.75, 3.05) is 5.73 Å². The summed E-state index contributed by atoms with van der Waals surface area (Å²) in [7, 11) is 0. The van der Waals surface area contributed by atoms with Gasteiger partial charge in [-0.3, -0.25) is 0 Å². The van der Waals surface area contributed by atoms with Crippen molar-refractivity contribution >= 4 is 11.8 Å². The SMILES string of the molecule is CC(=O)CCc1nnc(N)o1. The van der Waals surface area contributed by atoms with Gasteiger partial charge in [-0.25, -0.2) is 0 Å². The van der Waals surface area contributed by atoms with E-state index in [0.29, 0.717) is 18.7 Å². The lowest BCUT2D eigenvalue weighted by Gasteiger charge is -1.88. The molecule has 0 saturated heterocycles. The van der Waals surface area contributed by atoms with Crippen LogP contribution in [0, 0.1) is 0 Å². The van der Waals surface area contributed by atoms with Crippen LogP contribution in [0.25, 0.3) is 0 Å². The van der Waals surface area contributed by atoms with Crippen molar-refractivity contribution in [2.45, 2.75) is 19.8 Å². The van der Waals surface area contributed by atoms with E-state index < -0.39 is 0 Å². The smallest absolute Gasteiger partial charge is 0.312 e. The first-order valence-corrected chi connectivity index (χ1v) is 3.26. The molecular weight excluding hydrogens is 146 g/mol. The van der Waals surface area contributed by atoms with Crippen LogP contribution in [-0.4, -0.2) is 16.0 Å². The fourth-order valence-electron chi connectivity index (χ4n) is 0.651. The predicted octanol–water partition coefficient (Wildman–Crippen LogP) is 0.173. The van der Waals surface area contributed by atoms with Gasteiger partial charge in [0.2, 0.25) is 5.89 Å². The lowest BCUT2D eigenvalue weighted by molar-refractivity contribution is -0.117. The van der Waals surface area contributed by atoms with Gasteiger partial charge in [-0.05, 0) is 6.92 Å². The molecule has 0 amide bonds. The van der Waals surface area contributed by atoms with Crippen LogP contribution in [0.2, 0.25) is 0 Å². The van der Waals surface area contributed by atoms with Crippen LogP contribution in [0.5, 0.6) is 0 Å². The third-order valence-electron chi connectivity index (χ3n) is 1.17. The Balaban J connectivity index is 2.45. The Morgan fingerprint density at radius 3 is 2.82 bits per heavy atom. The number of carbonyl (C=O) groups excluding carboxylic acids is 1. The van der Waals surface area contributed by atoms with Gasteiger partial charge >= 0.3 is 6.01 Å². The zero-order valence-corrected chi connectivity index (χ0v) is 6.20. The highest BCUT2D eigenvalue weighted by atomic mass is 16.4. The van der Waals surface area contributed by atoms with E-state index in [-0.39, 0.29) is 11.8 Å². The molecule has 1 rings (SSSR count). The third-order valence-corrected chi connectivity index (χ3v) is 1.17. The van der Waals surface area contributed by atoms with Crippen LogP contribution in [0.3, 0.4) is 0 Å². The van der Waals surface area contributed by atoms with Gasteiger partial charge < -0.3 is 14.9 Å². The molecule has 1 aromatic heterocycles. The summed E-state index contributed by atoms with van der Waals surface area (Å²) in [6, 6.07) is 0.0450. The Morgan fingerprint density at radius 2 is 2.36 bits per heavy atom. The van der Waals surface area contributed by atoms with Crippen LogP contribution in [-0.2, 0) is 11.2 Å². The summed E-state index contributed by atoms with van der Waals surface area (Å²) in [6.07, 6.45) is 0.890. The number of anilines is 1. The van der Waals surface area contributed by atoms with Crippen LogP contribution in [0.15, 0.2) is 4.42 Å². The number of nitrogen functional groups attached to an aromatic ring is 1. The number of rotatable bonds is 3. The molecule has 0 unspecified atom stereocenters. The van der Waals surface area contributed by atoms with Crippen LogP contribution in [0.1, 0.15) is 19.2 Å². The van der Waals surface area contributed by atoms with Gasteiger partial charge in [0.25, 0.3) is 0 Å². The molecule has 2 N–H and O–H groups in total. The predicted molar refractivity (Wildman–Crippen MR) is 37.7 cm³/mol. The number of aryl methyl sites for hydroxylation is 1. The maximum absolute atomic E-state index is 10.5. The maximum Gasteiger partial charge on any atom is 0.312 e. The fraction of sp³-hybridized carbons (Fsp3) is 0.500. The van der Waals surface area contributed by atoms with Gasteiger partial charge in [0, 0.05) is 12.8 Å². The third kappa shape index (κ3) is 2.37. The first kappa shape index (κ1) is 7.71. The molecule has 0 radical (unpaired) electrons. The summed E-state index contributed by atoms with van der Waals surface area (Å²) in [5.41, 5.74) is 5.16. The van der Waals surface area contributed by atoms with E-state index in [9.17, 15) is 4.79 Å². The summed E-state index contributed by atoms with van der Waals surface area (Å²) in [6.45, 7) is 1.51. The monoisotopic (exact) mass is 155 g/mol. The minimum absolute atomic E-state index is 0.0450. The Bertz CT molecular complexity index is 256. The van der Waals surface area contributed by atoms with Gasteiger partial charge in [0.1, 0.15) is 5.78 Å². The van der Waals surface area contributed by atoms with Crippen molar-refractivity contribution < 1.29 is 9.21 Å². The second-order valence-corrected chi connectivity index (χ2v) is 2.24. The Kier molecular flexibility index (Phi) is 2.20. The zero-order valence-electron chi connectivity index (χ0n) is 6.20. The molecule has 0 aliphatic heterocycles. The van der Waals surface area contributed by atoms with E-state index in [1.54, 1.807) is 0 Å². The molecule has 0 aromatic carbocycles. The van der Waals surface area contributed by atoms with Crippen LogP contribution >= 0.6 is 0 Å². The molecule has 1 heterocycles. The number of carbonyl (C=O) groups is 1. The van der Waals surface area contributed by atoms with Gasteiger partial charge in [-0.15, -0.1) is 5.10 Å². The van der Waals surface area contributed by atoms with Crippen molar-refractivity contribution in [3.05, 3.63) is 5.89 Å². The summed E-state index contributed by atoms with van der Waals surface area (Å²) in [5, 5.41) is 7.04. The molecule has 0 fully saturated rings. The average molecular weight is 155 g/mol. The zero-order chi connectivity index (χ0) is 8.27. The first-order chi connectivity index (χ1) is 5.18. The van der Waals surface area contributed by atoms with E-state index in [0.717, 1.165) is 0 Å². The molecule has 0 aliphatic carbocycles. The van der Waals surface area contributed by atoms with E-state index in [2.05, 4.69) is 10.2 Å². The quantitative estimate of drug-likeness (QED) is 0.672. The van der Waals surface area contributed by atoms with Crippen LogP contribution < -0.4 is 5.73 Å². The largest absolute Gasteiger partial charge is 0.408 e. The standard InChI is InChI=1S/C6H9N3O2/c1-4(10)2-3-5-8-9-6(7)11-5/h2-3H2,1H3,(H2,7,9). The van der Waals surface area contributed by atoms with Crippen molar-refractivity contribution in [1.82, 2.24) is 10.2 Å². The molecule has 11 heavy (non-hydrogen) atoms. The number of ketones is 1. The van der Waals surface area contributed by atoms with E-state index in [1.807, 2.05) is 0 Å². The Morgan fingerprint density at radius 1 is 1.64 bits per heavy atom. The second-order valence-electron chi connectivity index (χ2n) is 2.24. The van der Waals surface area contributed by atoms with Crippen molar-refractivity contribution in [2.24, 2.45) is 0 Å². The summed E-state index contributed by atoms with van der Waals surface area (Å²) < 4.78 is 4.84. The van der Waals surface area contributed by atoms with Crippen LogP contribution in [0.4, 0.5) is 6.01 Å². The Hall–Kier alpha value is -1.39. The number of Topliss-reactive ketones (excluding diaryl/α,β-unsaturated/α-hetero) is 1. The fourth-order valence-corrected chi connectivity index (χ4v) is 0.651. The van der Waals surface area contributed by atoms with Crippen molar-refractivity contribution in [1.29, 1.82) is 0 Å². The summed E-state index contributed by atoms with van der Waals surface area (Å²) >= 11 is 0. The van der Waals surface area contributed by atoms with Crippen molar-refractivity contribution in [3.8, 4) is 0 Å². The van der Waals surface area contributed by atoms with E-state index >= 15 is 0 Å². The number of hydrogen-bond acceptors (Lipinski definition) is 5. The van der Waals surface area contributed by atoms with Gasteiger partial charge in [-0.1, -0.05) is 5.10 Å². The highest BCUT2D eigenvalue weighted by Gasteiger charge is 2.03. The first-order valence-electron chi connectivity index (χ1n) is 3.26. The highest BCUT2D eigenvalue weighted by Crippen LogP contribution is 2.03. The maximum atomic E-state index is 10.5.